The van der Waals surface area contributed by atoms with Crippen LogP contribution < -0.4 is 0 Å². The van der Waals surface area contributed by atoms with E-state index in [0.29, 0.717) is 0 Å². The Morgan fingerprint density at radius 2 is 0.963 bits per heavy atom. The summed E-state index contributed by atoms with van der Waals surface area (Å²) in [5, 5.41) is 0. The number of benzene rings is 2. The van der Waals surface area contributed by atoms with Crippen LogP contribution in [0.2, 0.25) is 0 Å². The minimum atomic E-state index is -0.0866. The Kier molecular flexibility index (Phi) is 6.49. The highest BCUT2D eigenvalue weighted by atomic mass is 16.5. The second-order valence-electron chi connectivity index (χ2n) is 8.52. The third-order valence-corrected chi connectivity index (χ3v) is 6.22. The summed E-state index contributed by atoms with van der Waals surface area (Å²) in [4.78, 5) is 0. The van der Waals surface area contributed by atoms with Gasteiger partial charge in [0.15, 0.2) is 0 Å². The molecule has 27 heavy (non-hydrogen) atoms. The lowest BCUT2D eigenvalue weighted by molar-refractivity contribution is -0.0577. The molecule has 0 aromatic heterocycles. The summed E-state index contributed by atoms with van der Waals surface area (Å²) in [6, 6.07) is 17.2. The van der Waals surface area contributed by atoms with Gasteiger partial charge in [-0.2, -0.15) is 0 Å². The maximum atomic E-state index is 6.56. The van der Waals surface area contributed by atoms with Crippen LogP contribution in [0, 0.1) is 0 Å². The average molecular weight is 363 g/mol. The van der Waals surface area contributed by atoms with E-state index < -0.39 is 0 Å². The molecule has 0 saturated carbocycles. The Morgan fingerprint density at radius 1 is 0.667 bits per heavy atom. The topological polar surface area (TPSA) is 9.23 Å². The highest BCUT2D eigenvalue weighted by Crippen LogP contribution is 2.35. The van der Waals surface area contributed by atoms with Crippen LogP contribution in [0.5, 0.6) is 0 Å². The Hall–Kier alpha value is -2.12. The number of rotatable bonds is 8. The van der Waals surface area contributed by atoms with Crippen LogP contribution in [0.1, 0.15) is 63.8 Å². The predicted octanol–water partition coefficient (Wildman–Crippen LogP) is 7.02. The lowest BCUT2D eigenvalue weighted by Crippen LogP contribution is -2.42. The number of ether oxygens (including phenoxy) is 1. The molecule has 0 saturated heterocycles. The van der Waals surface area contributed by atoms with Gasteiger partial charge in [-0.25, -0.2) is 0 Å². The summed E-state index contributed by atoms with van der Waals surface area (Å²) < 4.78 is 6.56. The molecule has 0 aliphatic carbocycles. The first-order valence-electron chi connectivity index (χ1n) is 9.74. The van der Waals surface area contributed by atoms with E-state index in [0.717, 1.165) is 11.1 Å². The summed E-state index contributed by atoms with van der Waals surface area (Å²) in [6.07, 6.45) is 3.90. The Labute approximate surface area is 165 Å². The largest absolute Gasteiger partial charge is 0.374 e. The molecule has 0 radical (unpaired) electrons. The van der Waals surface area contributed by atoms with Gasteiger partial charge in [0.25, 0.3) is 0 Å². The van der Waals surface area contributed by atoms with E-state index in [2.05, 4.69) is 103 Å². The zero-order valence-corrected chi connectivity index (χ0v) is 17.8. The van der Waals surface area contributed by atoms with Crippen molar-refractivity contribution in [3.63, 3.8) is 0 Å². The molecule has 0 aliphatic rings. The minimum Gasteiger partial charge on any atom is -0.374 e. The maximum absolute atomic E-state index is 6.56. The van der Waals surface area contributed by atoms with E-state index in [4.69, 9.17) is 4.74 Å². The first-order valence-corrected chi connectivity index (χ1v) is 9.74. The van der Waals surface area contributed by atoms with Gasteiger partial charge in [0.2, 0.25) is 0 Å². The molecule has 0 fully saturated rings. The SMILES string of the molecule is C=Cc1ccc(C(C)(C)C(C)OC(C)C(C)(C)c2ccc(C=C)cc2)cc1. The van der Waals surface area contributed by atoms with Crippen LogP contribution in [-0.2, 0) is 15.6 Å². The molecule has 2 aromatic carbocycles. The van der Waals surface area contributed by atoms with Gasteiger partial charge >= 0.3 is 0 Å². The number of hydrogen-bond donors (Lipinski definition) is 0. The van der Waals surface area contributed by atoms with Crippen molar-refractivity contribution in [2.24, 2.45) is 0 Å². The van der Waals surface area contributed by atoms with Crippen molar-refractivity contribution in [3.8, 4) is 0 Å². The highest BCUT2D eigenvalue weighted by Gasteiger charge is 2.35. The molecule has 2 atom stereocenters. The molecule has 0 heterocycles. The monoisotopic (exact) mass is 362 g/mol. The molecular weight excluding hydrogens is 328 g/mol. The normalized spacial score (nSPS) is 14.4. The van der Waals surface area contributed by atoms with Crippen LogP contribution in [0.15, 0.2) is 61.7 Å². The summed E-state index contributed by atoms with van der Waals surface area (Å²) in [5.41, 5.74) is 4.66. The molecule has 1 heteroatoms. The van der Waals surface area contributed by atoms with E-state index in [1.165, 1.54) is 11.1 Å². The molecule has 2 unspecified atom stereocenters. The van der Waals surface area contributed by atoms with Crippen LogP contribution >= 0.6 is 0 Å². The van der Waals surface area contributed by atoms with Crippen LogP contribution in [-0.4, -0.2) is 12.2 Å². The third kappa shape index (κ3) is 4.59. The van der Waals surface area contributed by atoms with Crippen molar-refractivity contribution in [1.29, 1.82) is 0 Å². The zero-order chi connectivity index (χ0) is 20.2. The number of hydrogen-bond acceptors (Lipinski definition) is 1. The van der Waals surface area contributed by atoms with Gasteiger partial charge in [-0.15, -0.1) is 0 Å². The van der Waals surface area contributed by atoms with Crippen molar-refractivity contribution >= 4 is 12.2 Å². The lowest BCUT2D eigenvalue weighted by Gasteiger charge is -2.39. The van der Waals surface area contributed by atoms with E-state index in [1.807, 2.05) is 12.2 Å². The van der Waals surface area contributed by atoms with Gasteiger partial charge in [-0.1, -0.05) is 102 Å². The quantitative estimate of drug-likeness (QED) is 0.490. The summed E-state index contributed by atoms with van der Waals surface area (Å²) >= 11 is 0. The average Bonchev–Trinajstić information content (AvgIpc) is 2.67. The van der Waals surface area contributed by atoms with Gasteiger partial charge < -0.3 is 4.74 Å². The highest BCUT2D eigenvalue weighted by molar-refractivity contribution is 5.49. The van der Waals surface area contributed by atoms with Gasteiger partial charge in [0, 0.05) is 10.8 Å². The first-order chi connectivity index (χ1) is 12.6. The maximum Gasteiger partial charge on any atom is 0.0642 e. The second-order valence-corrected chi connectivity index (χ2v) is 8.52. The standard InChI is InChI=1S/C26H34O/c1-9-21-11-15-23(16-12-21)25(5,6)19(3)27-20(4)26(7,8)24-17-13-22(10-2)14-18-24/h9-20H,1-2H2,3-8H3. The third-order valence-electron chi connectivity index (χ3n) is 6.22. The van der Waals surface area contributed by atoms with Crippen LogP contribution in [0.25, 0.3) is 12.2 Å². The minimum absolute atomic E-state index is 0.0776. The molecular formula is C26H34O. The molecule has 2 aromatic rings. The molecule has 0 bridgehead atoms. The Morgan fingerprint density at radius 3 is 1.22 bits per heavy atom. The molecule has 0 N–H and O–H groups in total. The van der Waals surface area contributed by atoms with Crippen LogP contribution in [0.3, 0.4) is 0 Å². The van der Waals surface area contributed by atoms with Crippen LogP contribution in [0.4, 0.5) is 0 Å². The van der Waals surface area contributed by atoms with Gasteiger partial charge in [0.05, 0.1) is 12.2 Å². The second kappa shape index (κ2) is 8.27. The summed E-state index contributed by atoms with van der Waals surface area (Å²) in [5.74, 6) is 0. The van der Waals surface area contributed by atoms with Crippen molar-refractivity contribution in [1.82, 2.24) is 0 Å². The molecule has 0 amide bonds. The fourth-order valence-corrected chi connectivity index (χ4v) is 3.21. The van der Waals surface area contributed by atoms with Gasteiger partial charge in [-0.05, 0) is 36.1 Å². The zero-order valence-electron chi connectivity index (χ0n) is 17.8. The summed E-state index contributed by atoms with van der Waals surface area (Å²) in [6.45, 7) is 21.0. The summed E-state index contributed by atoms with van der Waals surface area (Å²) in [7, 11) is 0. The smallest absolute Gasteiger partial charge is 0.0642 e. The van der Waals surface area contributed by atoms with E-state index in [-0.39, 0.29) is 23.0 Å². The van der Waals surface area contributed by atoms with E-state index in [9.17, 15) is 0 Å². The van der Waals surface area contributed by atoms with Gasteiger partial charge in [0.1, 0.15) is 0 Å². The fraction of sp³-hybridized carbons (Fsp3) is 0.385. The molecule has 0 aliphatic heterocycles. The Balaban J connectivity index is 2.16. The first kappa shape index (κ1) is 21.2. The van der Waals surface area contributed by atoms with E-state index in [1.54, 1.807) is 0 Å². The predicted molar refractivity (Wildman–Crippen MR) is 119 cm³/mol. The van der Waals surface area contributed by atoms with Gasteiger partial charge in [-0.3, -0.25) is 0 Å². The molecule has 144 valence electrons. The molecule has 1 nitrogen and oxygen atoms in total. The van der Waals surface area contributed by atoms with E-state index >= 15 is 0 Å². The Bertz CT molecular complexity index is 695. The fourth-order valence-electron chi connectivity index (χ4n) is 3.21. The lowest BCUT2D eigenvalue weighted by atomic mass is 9.77. The van der Waals surface area contributed by atoms with Crippen molar-refractivity contribution < 1.29 is 4.74 Å². The molecule has 2 rings (SSSR count). The van der Waals surface area contributed by atoms with Crippen molar-refractivity contribution in [3.05, 3.63) is 83.9 Å². The molecule has 0 spiro atoms. The van der Waals surface area contributed by atoms with Crippen molar-refractivity contribution in [2.45, 2.75) is 64.6 Å². The van der Waals surface area contributed by atoms with Crippen molar-refractivity contribution in [2.75, 3.05) is 0 Å².